The van der Waals surface area contributed by atoms with E-state index in [2.05, 4.69) is 9.97 Å². The second-order valence-electron chi connectivity index (χ2n) is 16.8. The molecule has 0 fully saturated rings. The van der Waals surface area contributed by atoms with Crippen LogP contribution >= 0.6 is 11.6 Å². The normalized spacial score (nSPS) is 10.5. The average molecular weight is 1010 g/mol. The minimum absolute atomic E-state index is 0.218. The summed E-state index contributed by atoms with van der Waals surface area (Å²) in [6, 6.07) is 58.6. The minimum Gasteiger partial charge on any atom is -0.493 e. The number of carboxylic acid groups (broad SMARTS) is 1. The molecule has 0 unspecified atom stereocenters. The monoisotopic (exact) mass is 1010 g/mol. The highest BCUT2D eigenvalue weighted by atomic mass is 35.5. The Balaban J connectivity index is 0.000000217. The number of benzene rings is 6. The zero-order valence-corrected chi connectivity index (χ0v) is 41.8. The Labute approximate surface area is 436 Å². The van der Waals surface area contributed by atoms with E-state index in [9.17, 15) is 14.4 Å². The second kappa shape index (κ2) is 28.4. The van der Waals surface area contributed by atoms with Crippen LogP contribution in [0.1, 0.15) is 49.6 Å². The van der Waals surface area contributed by atoms with Crippen molar-refractivity contribution in [3.05, 3.63) is 250 Å². The van der Waals surface area contributed by atoms with Crippen molar-refractivity contribution in [3.8, 4) is 23.0 Å². The lowest BCUT2D eigenvalue weighted by atomic mass is 10.1. The summed E-state index contributed by atoms with van der Waals surface area (Å²) in [5, 5.41) is 9.53. The minimum atomic E-state index is -1.10. The first-order valence-corrected chi connectivity index (χ1v) is 24.4. The van der Waals surface area contributed by atoms with Gasteiger partial charge in [-0.3, -0.25) is 14.8 Å². The number of nitrogens with zero attached hydrogens (tertiary/aromatic N) is 4. The molecule has 0 aliphatic carbocycles. The van der Waals surface area contributed by atoms with Gasteiger partial charge in [0.1, 0.15) is 19.8 Å². The summed E-state index contributed by atoms with van der Waals surface area (Å²) in [6.45, 7) is 1.93. The Morgan fingerprint density at radius 3 is 1.49 bits per heavy atom. The fourth-order valence-electron chi connectivity index (χ4n) is 7.56. The summed E-state index contributed by atoms with van der Waals surface area (Å²) >= 11 is 6.33. The third-order valence-electron chi connectivity index (χ3n) is 11.4. The van der Waals surface area contributed by atoms with Gasteiger partial charge in [-0.05, 0) is 88.5 Å². The summed E-state index contributed by atoms with van der Waals surface area (Å²) in [5.41, 5.74) is 6.82. The number of ether oxygens (including phenoxy) is 5. The van der Waals surface area contributed by atoms with Crippen LogP contribution in [0.15, 0.2) is 200 Å². The molecular formula is C60H57ClN4O9. The van der Waals surface area contributed by atoms with Crippen LogP contribution < -0.4 is 18.9 Å². The van der Waals surface area contributed by atoms with E-state index in [0.717, 1.165) is 39.2 Å². The maximum Gasteiger partial charge on any atom is 0.410 e. The van der Waals surface area contributed by atoms with Crippen LogP contribution in [0.5, 0.6) is 23.0 Å². The smallest absolute Gasteiger partial charge is 0.410 e. The summed E-state index contributed by atoms with van der Waals surface area (Å²) in [4.78, 5) is 49.9. The Morgan fingerprint density at radius 2 is 0.973 bits per heavy atom. The molecule has 14 heteroatoms. The number of carbonyl (C=O) groups is 3. The van der Waals surface area contributed by atoms with Gasteiger partial charge in [0.2, 0.25) is 0 Å². The van der Waals surface area contributed by atoms with E-state index in [-0.39, 0.29) is 30.9 Å². The van der Waals surface area contributed by atoms with Crippen molar-refractivity contribution >= 4 is 29.6 Å². The number of carbonyl (C=O) groups excluding carboxylic acids is 2. The van der Waals surface area contributed by atoms with E-state index in [4.69, 9.17) is 40.4 Å². The standard InChI is InChI=1S/C30H27ClN2O5.C30H30N2O4/c31-26-12-5-4-11-25(26)30(36)33(17-15-24-10-6-7-16-32-24)19-23-13-14-27(28(18-23)38-21-29(34)35)37-20-22-8-2-1-3-9-22;1-34-29-20-26(15-16-28(29)35-22-24-10-4-2-5-11-24)21-32(19-17-27-14-8-9-18-31-27)30(33)36-23-25-12-6-3-7-13-25/h1-14,16,18H,15,17,19-21H2,(H,34,35);2-16,18,20H,17,19,21-23H2,1H3. The fraction of sp³-hybridized carbons (Fsp3) is 0.183. The summed E-state index contributed by atoms with van der Waals surface area (Å²) in [7, 11) is 1.61. The van der Waals surface area contributed by atoms with Gasteiger partial charge in [0, 0.05) is 62.8 Å². The first-order valence-electron chi connectivity index (χ1n) is 24.0. The predicted octanol–water partition coefficient (Wildman–Crippen LogP) is 11.7. The van der Waals surface area contributed by atoms with Crippen LogP contribution in [-0.4, -0.2) is 69.7 Å². The number of rotatable bonds is 23. The van der Waals surface area contributed by atoms with Gasteiger partial charge < -0.3 is 38.6 Å². The molecular weight excluding hydrogens is 956 g/mol. The van der Waals surface area contributed by atoms with Crippen molar-refractivity contribution in [2.24, 2.45) is 0 Å². The highest BCUT2D eigenvalue weighted by Gasteiger charge is 2.21. The van der Waals surface area contributed by atoms with E-state index in [1.54, 1.807) is 65.7 Å². The van der Waals surface area contributed by atoms with Crippen LogP contribution in [0.2, 0.25) is 5.02 Å². The summed E-state index contributed by atoms with van der Waals surface area (Å²) in [6.07, 6.45) is 4.27. The van der Waals surface area contributed by atoms with E-state index in [1.165, 1.54) is 0 Å². The van der Waals surface area contributed by atoms with E-state index >= 15 is 0 Å². The molecule has 0 saturated heterocycles. The van der Waals surface area contributed by atoms with Gasteiger partial charge >= 0.3 is 12.1 Å². The number of amides is 2. The number of pyridine rings is 2. The largest absolute Gasteiger partial charge is 0.493 e. The Hall–Kier alpha value is -8.68. The highest BCUT2D eigenvalue weighted by molar-refractivity contribution is 6.33. The van der Waals surface area contributed by atoms with Gasteiger partial charge in [0.05, 0.1) is 17.7 Å². The Bertz CT molecular complexity index is 2990. The van der Waals surface area contributed by atoms with Gasteiger partial charge in [-0.1, -0.05) is 139 Å². The summed E-state index contributed by atoms with van der Waals surface area (Å²) < 4.78 is 28.7. The quantitative estimate of drug-likeness (QED) is 0.0652. The van der Waals surface area contributed by atoms with E-state index in [0.29, 0.717) is 73.5 Å². The number of methoxy groups -OCH3 is 1. The van der Waals surface area contributed by atoms with Crippen molar-refractivity contribution in [3.63, 3.8) is 0 Å². The first kappa shape index (κ1) is 53.1. The molecule has 74 heavy (non-hydrogen) atoms. The van der Waals surface area contributed by atoms with Crippen molar-refractivity contribution in [1.29, 1.82) is 0 Å². The first-order chi connectivity index (χ1) is 36.2. The van der Waals surface area contributed by atoms with Crippen LogP contribution in [0.4, 0.5) is 4.79 Å². The molecule has 378 valence electrons. The zero-order valence-electron chi connectivity index (χ0n) is 41.0. The van der Waals surface area contributed by atoms with Crippen molar-refractivity contribution < 1.29 is 43.2 Å². The number of halogens is 1. The number of carboxylic acids is 1. The van der Waals surface area contributed by atoms with Gasteiger partial charge in [-0.25, -0.2) is 9.59 Å². The molecule has 2 heterocycles. The van der Waals surface area contributed by atoms with E-state index < -0.39 is 12.6 Å². The average Bonchev–Trinajstić information content (AvgIpc) is 3.44. The molecule has 8 aromatic rings. The number of aromatic nitrogens is 2. The molecule has 1 N–H and O–H groups in total. The number of hydrogen-bond donors (Lipinski definition) is 1. The molecule has 0 atom stereocenters. The molecule has 0 spiro atoms. The maximum atomic E-state index is 13.5. The molecule has 0 radical (unpaired) electrons. The molecule has 0 aliphatic rings. The van der Waals surface area contributed by atoms with Gasteiger partial charge in [-0.15, -0.1) is 0 Å². The van der Waals surface area contributed by atoms with Gasteiger partial charge in [0.15, 0.2) is 29.6 Å². The molecule has 2 aromatic heterocycles. The lowest BCUT2D eigenvalue weighted by Gasteiger charge is -2.24. The summed E-state index contributed by atoms with van der Waals surface area (Å²) in [5.74, 6) is 0.647. The van der Waals surface area contributed by atoms with E-state index in [1.807, 2.05) is 152 Å². The maximum absolute atomic E-state index is 13.5. The number of aliphatic carboxylic acids is 1. The molecule has 13 nitrogen and oxygen atoms in total. The molecule has 0 saturated carbocycles. The zero-order chi connectivity index (χ0) is 51.7. The molecule has 8 rings (SSSR count). The number of hydrogen-bond acceptors (Lipinski definition) is 10. The molecule has 2 amide bonds. The lowest BCUT2D eigenvalue weighted by molar-refractivity contribution is -0.139. The van der Waals surface area contributed by atoms with Crippen molar-refractivity contribution in [1.82, 2.24) is 19.8 Å². The Kier molecular flexibility index (Phi) is 20.4. The molecule has 0 bridgehead atoms. The van der Waals surface area contributed by atoms with Crippen molar-refractivity contribution in [2.75, 3.05) is 26.8 Å². The Morgan fingerprint density at radius 1 is 0.500 bits per heavy atom. The second-order valence-corrected chi connectivity index (χ2v) is 17.2. The van der Waals surface area contributed by atoms with Gasteiger partial charge in [0.25, 0.3) is 5.91 Å². The molecule has 0 aliphatic heterocycles. The molecule has 6 aromatic carbocycles. The topological polar surface area (TPSA) is 150 Å². The third kappa shape index (κ3) is 17.0. The predicted molar refractivity (Wildman–Crippen MR) is 283 cm³/mol. The van der Waals surface area contributed by atoms with Crippen LogP contribution in [0.3, 0.4) is 0 Å². The SMILES string of the molecule is COc1cc(CN(CCc2ccccn2)C(=O)OCc2ccccc2)ccc1OCc1ccccc1.O=C(O)COc1cc(CN(CCc2ccccn2)C(=O)c2ccccc2Cl)ccc1OCc1ccccc1. The van der Waals surface area contributed by atoms with Crippen LogP contribution in [-0.2, 0) is 55.3 Å². The fourth-order valence-corrected chi connectivity index (χ4v) is 7.77. The van der Waals surface area contributed by atoms with Crippen LogP contribution in [0, 0.1) is 0 Å². The van der Waals surface area contributed by atoms with Crippen molar-refractivity contribution in [2.45, 2.75) is 45.8 Å². The third-order valence-corrected chi connectivity index (χ3v) is 11.7. The van der Waals surface area contributed by atoms with Gasteiger partial charge in [-0.2, -0.15) is 0 Å². The van der Waals surface area contributed by atoms with Crippen LogP contribution in [0.25, 0.3) is 0 Å². The highest BCUT2D eigenvalue weighted by Crippen LogP contribution is 2.32. The lowest BCUT2D eigenvalue weighted by Crippen LogP contribution is -2.33.